The van der Waals surface area contributed by atoms with Crippen molar-refractivity contribution in [1.29, 1.82) is 0 Å². The average molecular weight is 357 g/mol. The Bertz CT molecular complexity index is 823. The van der Waals surface area contributed by atoms with Gasteiger partial charge in [-0.2, -0.15) is 0 Å². The molecule has 4 rings (SSSR count). The second-order valence-corrected chi connectivity index (χ2v) is 7.85. The molecule has 0 spiro atoms. The monoisotopic (exact) mass is 357 g/mol. The van der Waals surface area contributed by atoms with Gasteiger partial charge in [-0.05, 0) is 38.1 Å². The number of carbonyl (C=O) groups is 2. The van der Waals surface area contributed by atoms with Crippen LogP contribution in [0.3, 0.4) is 0 Å². The van der Waals surface area contributed by atoms with Crippen LogP contribution >= 0.6 is 0 Å². The summed E-state index contributed by atoms with van der Waals surface area (Å²) < 4.78 is 14.2. The Balaban J connectivity index is 1.72. The van der Waals surface area contributed by atoms with Crippen molar-refractivity contribution in [2.24, 2.45) is 0 Å². The lowest BCUT2D eigenvalue weighted by atomic mass is 9.88. The molecule has 0 saturated carbocycles. The number of rotatable bonds is 3. The number of anilines is 1. The van der Waals surface area contributed by atoms with Crippen LogP contribution in [0.2, 0.25) is 0 Å². The lowest BCUT2D eigenvalue weighted by Crippen LogP contribution is -2.49. The number of benzene rings is 1. The number of ketones is 1. The van der Waals surface area contributed by atoms with Crippen LogP contribution < -0.4 is 4.90 Å². The summed E-state index contributed by atoms with van der Waals surface area (Å²) in [5.74, 6) is -1.65. The number of Topliss-reactive ketones (excluding diaryl/α,β-unsaturated/α-hetero) is 1. The third-order valence-corrected chi connectivity index (χ3v) is 5.70. The summed E-state index contributed by atoms with van der Waals surface area (Å²) >= 11 is 0. The molecule has 5 nitrogen and oxygen atoms in total. The van der Waals surface area contributed by atoms with Crippen molar-refractivity contribution < 1.29 is 14.0 Å². The maximum absolute atomic E-state index is 14.2. The van der Waals surface area contributed by atoms with Crippen LogP contribution in [0, 0.1) is 5.82 Å². The summed E-state index contributed by atoms with van der Waals surface area (Å²) in [7, 11) is 0. The molecule has 3 heterocycles. The number of nitrogens with zero attached hydrogens (tertiary/aromatic N) is 3. The number of hydrogen-bond donors (Lipinski definition) is 0. The van der Waals surface area contributed by atoms with Crippen LogP contribution in [0.5, 0.6) is 0 Å². The standard InChI is InChI=1S/C20H24FN3O2/c1-4-22-5-7-23(8-6-22)12-13-11-20(2,3)24-17-15(13)9-14(21)10-16(17)18(25)19(24)26/h9-11H,4-8,12H2,1-3H3. The first-order valence-electron chi connectivity index (χ1n) is 9.21. The van der Waals surface area contributed by atoms with Gasteiger partial charge in [0.1, 0.15) is 5.82 Å². The molecule has 1 amide bonds. The molecule has 1 aromatic carbocycles. The summed E-state index contributed by atoms with van der Waals surface area (Å²) in [5, 5.41) is 0. The minimum atomic E-state index is -0.611. The molecule has 1 saturated heterocycles. The van der Waals surface area contributed by atoms with E-state index >= 15 is 0 Å². The van der Waals surface area contributed by atoms with Crippen LogP contribution in [0.25, 0.3) is 5.57 Å². The van der Waals surface area contributed by atoms with Crippen molar-refractivity contribution in [3.8, 4) is 0 Å². The summed E-state index contributed by atoms with van der Waals surface area (Å²) in [6, 6.07) is 2.65. The predicted molar refractivity (Wildman–Crippen MR) is 98.8 cm³/mol. The van der Waals surface area contributed by atoms with E-state index in [9.17, 15) is 14.0 Å². The van der Waals surface area contributed by atoms with Gasteiger partial charge in [-0.25, -0.2) is 4.39 Å². The SMILES string of the molecule is CCN1CCN(CC2=CC(C)(C)N3C(=O)C(=O)c4cc(F)cc2c43)CC1. The normalized spacial score (nSPS) is 22.6. The number of likely N-dealkylation sites (N-methyl/N-ethyl adjacent to an activating group) is 1. The van der Waals surface area contributed by atoms with Gasteiger partial charge in [0.15, 0.2) is 0 Å². The fourth-order valence-electron chi connectivity index (χ4n) is 4.33. The highest BCUT2D eigenvalue weighted by Gasteiger charge is 2.47. The molecule has 26 heavy (non-hydrogen) atoms. The van der Waals surface area contributed by atoms with Crippen LogP contribution in [-0.2, 0) is 4.79 Å². The van der Waals surface area contributed by atoms with Crippen LogP contribution in [-0.4, -0.2) is 66.3 Å². The van der Waals surface area contributed by atoms with Crippen molar-refractivity contribution in [2.45, 2.75) is 26.3 Å². The maximum atomic E-state index is 14.2. The molecule has 0 aliphatic carbocycles. The first-order chi connectivity index (χ1) is 12.3. The Kier molecular flexibility index (Phi) is 4.00. The molecule has 0 radical (unpaired) electrons. The Morgan fingerprint density at radius 1 is 1.04 bits per heavy atom. The summed E-state index contributed by atoms with van der Waals surface area (Å²) in [5.41, 5.74) is 1.84. The van der Waals surface area contributed by atoms with Gasteiger partial charge < -0.3 is 4.90 Å². The van der Waals surface area contributed by atoms with Crippen molar-refractivity contribution in [3.63, 3.8) is 0 Å². The lowest BCUT2D eigenvalue weighted by Gasteiger charge is -2.41. The minimum absolute atomic E-state index is 0.194. The molecule has 3 aliphatic rings. The highest BCUT2D eigenvalue weighted by Crippen LogP contribution is 2.45. The third kappa shape index (κ3) is 2.59. The van der Waals surface area contributed by atoms with E-state index in [4.69, 9.17) is 0 Å². The molecule has 0 N–H and O–H groups in total. The smallest absolute Gasteiger partial charge is 0.300 e. The molecule has 0 aromatic heterocycles. The predicted octanol–water partition coefficient (Wildman–Crippen LogP) is 2.17. The van der Waals surface area contributed by atoms with Crippen molar-refractivity contribution in [1.82, 2.24) is 9.80 Å². The summed E-state index contributed by atoms with van der Waals surface area (Å²) in [4.78, 5) is 31.1. The molecule has 1 aromatic rings. The molecule has 1 fully saturated rings. The molecule has 0 atom stereocenters. The lowest BCUT2D eigenvalue weighted by molar-refractivity contribution is -0.115. The zero-order valence-corrected chi connectivity index (χ0v) is 15.5. The quantitative estimate of drug-likeness (QED) is 0.778. The van der Waals surface area contributed by atoms with Gasteiger partial charge in [0.25, 0.3) is 11.7 Å². The molecule has 138 valence electrons. The molecule has 6 heteroatoms. The molecule has 0 bridgehead atoms. The number of piperazine rings is 1. The number of amides is 1. The Morgan fingerprint density at radius 3 is 2.31 bits per heavy atom. The topological polar surface area (TPSA) is 43.9 Å². The number of halogens is 1. The van der Waals surface area contributed by atoms with Gasteiger partial charge in [0, 0.05) is 38.3 Å². The highest BCUT2D eigenvalue weighted by atomic mass is 19.1. The van der Waals surface area contributed by atoms with E-state index in [0.717, 1.165) is 38.3 Å². The van der Waals surface area contributed by atoms with Gasteiger partial charge in [0.2, 0.25) is 0 Å². The van der Waals surface area contributed by atoms with Gasteiger partial charge in [-0.15, -0.1) is 0 Å². The van der Waals surface area contributed by atoms with E-state index < -0.39 is 23.0 Å². The first-order valence-corrected chi connectivity index (χ1v) is 9.21. The summed E-state index contributed by atoms with van der Waals surface area (Å²) in [6.07, 6.45) is 2.02. The Morgan fingerprint density at radius 2 is 1.65 bits per heavy atom. The van der Waals surface area contributed by atoms with Crippen LogP contribution in [0.4, 0.5) is 10.1 Å². The van der Waals surface area contributed by atoms with Gasteiger partial charge in [-0.1, -0.05) is 13.0 Å². The van der Waals surface area contributed by atoms with Gasteiger partial charge >= 0.3 is 0 Å². The maximum Gasteiger partial charge on any atom is 0.300 e. The van der Waals surface area contributed by atoms with E-state index in [-0.39, 0.29) is 5.56 Å². The van der Waals surface area contributed by atoms with Gasteiger partial charge in [-0.3, -0.25) is 19.4 Å². The van der Waals surface area contributed by atoms with Crippen LogP contribution in [0.15, 0.2) is 18.2 Å². The van der Waals surface area contributed by atoms with E-state index in [0.29, 0.717) is 17.8 Å². The summed E-state index contributed by atoms with van der Waals surface area (Å²) in [6.45, 7) is 11.8. The fraction of sp³-hybridized carbons (Fsp3) is 0.500. The zero-order chi connectivity index (χ0) is 18.6. The van der Waals surface area contributed by atoms with Crippen LogP contribution in [0.1, 0.15) is 36.7 Å². The van der Waals surface area contributed by atoms with E-state index in [1.807, 2.05) is 19.9 Å². The Labute approximate surface area is 153 Å². The van der Waals surface area contributed by atoms with E-state index in [2.05, 4.69) is 16.7 Å². The first kappa shape index (κ1) is 17.4. The minimum Gasteiger partial charge on any atom is -0.301 e. The number of carbonyl (C=O) groups excluding carboxylic acids is 2. The second kappa shape index (κ2) is 5.99. The molecular weight excluding hydrogens is 333 g/mol. The molecule has 0 unspecified atom stereocenters. The Hall–Kier alpha value is -2.05. The third-order valence-electron chi connectivity index (χ3n) is 5.70. The fourth-order valence-corrected chi connectivity index (χ4v) is 4.33. The average Bonchev–Trinajstić information content (AvgIpc) is 2.85. The van der Waals surface area contributed by atoms with E-state index in [1.165, 1.54) is 17.0 Å². The molecular formula is C20H24FN3O2. The van der Waals surface area contributed by atoms with Gasteiger partial charge in [0.05, 0.1) is 16.8 Å². The van der Waals surface area contributed by atoms with E-state index in [1.54, 1.807) is 0 Å². The van der Waals surface area contributed by atoms with Crippen molar-refractivity contribution in [2.75, 3.05) is 44.2 Å². The second-order valence-electron chi connectivity index (χ2n) is 7.85. The van der Waals surface area contributed by atoms with Crippen molar-refractivity contribution in [3.05, 3.63) is 35.2 Å². The zero-order valence-electron chi connectivity index (χ0n) is 15.5. The molecule has 3 aliphatic heterocycles. The number of hydrogen-bond acceptors (Lipinski definition) is 4. The highest BCUT2D eigenvalue weighted by molar-refractivity contribution is 6.53. The largest absolute Gasteiger partial charge is 0.301 e. The van der Waals surface area contributed by atoms with Crippen molar-refractivity contribution >= 4 is 23.0 Å².